The fourth-order valence-corrected chi connectivity index (χ4v) is 3.58. The Labute approximate surface area is 162 Å². The van der Waals surface area contributed by atoms with Crippen molar-refractivity contribution < 1.29 is 19.1 Å². The van der Waals surface area contributed by atoms with Crippen LogP contribution in [0.5, 0.6) is 0 Å². The van der Waals surface area contributed by atoms with Crippen molar-refractivity contribution in [2.75, 3.05) is 37.6 Å². The van der Waals surface area contributed by atoms with E-state index in [4.69, 9.17) is 0 Å². The summed E-state index contributed by atoms with van der Waals surface area (Å²) in [4.78, 5) is 39.0. The van der Waals surface area contributed by atoms with Gasteiger partial charge in [-0.2, -0.15) is 0 Å². The first-order valence-electron chi connectivity index (χ1n) is 9.38. The molecule has 2 heterocycles. The minimum Gasteiger partial charge on any atom is -0.477 e. The van der Waals surface area contributed by atoms with Gasteiger partial charge in [-0.1, -0.05) is 0 Å². The number of hydrogen-bond donors (Lipinski definition) is 1. The van der Waals surface area contributed by atoms with Crippen LogP contribution >= 0.6 is 0 Å². The number of halogens is 1. The number of pyridine rings is 1. The quantitative estimate of drug-likeness (QED) is 0.813. The molecule has 2 aromatic rings. The van der Waals surface area contributed by atoms with Crippen LogP contribution in [0.25, 0.3) is 10.9 Å². The van der Waals surface area contributed by atoms with Crippen molar-refractivity contribution in [3.63, 3.8) is 0 Å². The number of rotatable bonds is 6. The van der Waals surface area contributed by atoms with Crippen molar-refractivity contribution in [2.24, 2.45) is 0 Å². The Hall–Kier alpha value is -2.74. The van der Waals surface area contributed by atoms with Crippen LogP contribution in [-0.4, -0.2) is 59.0 Å². The van der Waals surface area contributed by atoms with Gasteiger partial charge in [0.05, 0.1) is 11.2 Å². The first-order valence-corrected chi connectivity index (χ1v) is 9.38. The van der Waals surface area contributed by atoms with Crippen molar-refractivity contribution >= 4 is 28.3 Å². The number of anilines is 1. The predicted octanol–water partition coefficient (Wildman–Crippen LogP) is 1.96. The largest absolute Gasteiger partial charge is 0.477 e. The SMILES string of the molecule is CCn1cc(C(=O)O)c(=O)c2cc(F)c(N3CCN(CCC(C)=O)CC3)cc21. The molecule has 1 fully saturated rings. The molecule has 150 valence electrons. The molecule has 0 saturated carbocycles. The van der Waals surface area contributed by atoms with Gasteiger partial charge in [0, 0.05) is 57.3 Å². The first-order chi connectivity index (χ1) is 13.3. The maximum absolute atomic E-state index is 14.8. The lowest BCUT2D eigenvalue weighted by Crippen LogP contribution is -2.47. The lowest BCUT2D eigenvalue weighted by molar-refractivity contribution is -0.117. The zero-order chi connectivity index (χ0) is 20.4. The van der Waals surface area contributed by atoms with E-state index in [-0.39, 0.29) is 16.7 Å². The molecular weight excluding hydrogens is 365 g/mol. The number of carbonyl (C=O) groups excluding carboxylic acids is 1. The van der Waals surface area contributed by atoms with Gasteiger partial charge >= 0.3 is 5.97 Å². The smallest absolute Gasteiger partial charge is 0.341 e. The molecule has 0 unspecified atom stereocenters. The predicted molar refractivity (Wildman–Crippen MR) is 105 cm³/mol. The van der Waals surface area contributed by atoms with Gasteiger partial charge in [-0.25, -0.2) is 9.18 Å². The molecule has 3 rings (SSSR count). The number of carboxylic acid groups (broad SMARTS) is 1. The van der Waals surface area contributed by atoms with Crippen LogP contribution in [0.4, 0.5) is 10.1 Å². The second-order valence-electron chi connectivity index (χ2n) is 7.06. The fourth-order valence-electron chi connectivity index (χ4n) is 3.58. The van der Waals surface area contributed by atoms with Crippen molar-refractivity contribution in [2.45, 2.75) is 26.8 Å². The highest BCUT2D eigenvalue weighted by atomic mass is 19.1. The number of Topliss-reactive ketones (excluding diaryl/α,β-unsaturated/α-hetero) is 1. The molecular formula is C20H24FN3O4. The van der Waals surface area contributed by atoms with E-state index in [0.717, 1.165) is 19.2 Å². The Balaban J connectivity index is 1.92. The van der Waals surface area contributed by atoms with Crippen molar-refractivity contribution in [3.8, 4) is 0 Å². The molecule has 0 atom stereocenters. The lowest BCUT2D eigenvalue weighted by Gasteiger charge is -2.36. The van der Waals surface area contributed by atoms with Gasteiger partial charge in [-0.3, -0.25) is 14.5 Å². The standard InChI is InChI=1S/C20H24FN3O4/c1-3-23-12-15(20(27)28)19(26)14-10-16(21)18(11-17(14)23)24-8-6-22(7-9-24)5-4-13(2)25/h10-12H,3-9H2,1-2H3,(H,27,28). The topological polar surface area (TPSA) is 82.8 Å². The highest BCUT2D eigenvalue weighted by molar-refractivity contribution is 5.93. The number of aryl methyl sites for hydroxylation is 1. The maximum atomic E-state index is 14.8. The first kappa shape index (κ1) is 20.0. The number of benzene rings is 1. The number of aromatic carboxylic acids is 1. The van der Waals surface area contributed by atoms with Crippen LogP contribution in [-0.2, 0) is 11.3 Å². The molecule has 0 amide bonds. The molecule has 7 nitrogen and oxygen atoms in total. The molecule has 28 heavy (non-hydrogen) atoms. The lowest BCUT2D eigenvalue weighted by atomic mass is 10.1. The Bertz CT molecular complexity index is 978. The van der Waals surface area contributed by atoms with E-state index in [9.17, 15) is 23.9 Å². The number of carbonyl (C=O) groups is 2. The zero-order valence-corrected chi connectivity index (χ0v) is 16.1. The van der Waals surface area contributed by atoms with Crippen LogP contribution < -0.4 is 10.3 Å². The number of ketones is 1. The molecule has 1 N–H and O–H groups in total. The van der Waals surface area contributed by atoms with E-state index in [2.05, 4.69) is 4.90 Å². The van der Waals surface area contributed by atoms with E-state index < -0.39 is 17.2 Å². The molecule has 0 aliphatic carbocycles. The van der Waals surface area contributed by atoms with E-state index in [0.29, 0.717) is 43.8 Å². The molecule has 1 aliphatic rings. The summed E-state index contributed by atoms with van der Waals surface area (Å²) < 4.78 is 16.5. The van der Waals surface area contributed by atoms with Gasteiger partial charge in [0.2, 0.25) is 5.43 Å². The van der Waals surface area contributed by atoms with Gasteiger partial charge in [-0.15, -0.1) is 0 Å². The van der Waals surface area contributed by atoms with E-state index >= 15 is 0 Å². The van der Waals surface area contributed by atoms with Gasteiger partial charge in [-0.05, 0) is 26.0 Å². The van der Waals surface area contributed by atoms with Gasteiger partial charge in [0.1, 0.15) is 17.2 Å². The normalized spacial score (nSPS) is 15.2. The van der Waals surface area contributed by atoms with E-state index in [1.54, 1.807) is 17.6 Å². The van der Waals surface area contributed by atoms with Crippen LogP contribution in [0.1, 0.15) is 30.6 Å². The molecule has 1 aliphatic heterocycles. The minimum atomic E-state index is -1.32. The summed E-state index contributed by atoms with van der Waals surface area (Å²) in [6.07, 6.45) is 1.83. The summed E-state index contributed by atoms with van der Waals surface area (Å²) in [6, 6.07) is 2.78. The summed E-state index contributed by atoms with van der Waals surface area (Å²) in [7, 11) is 0. The van der Waals surface area contributed by atoms with Gasteiger partial charge < -0.3 is 14.6 Å². The van der Waals surface area contributed by atoms with E-state index in [1.807, 2.05) is 11.8 Å². The van der Waals surface area contributed by atoms with Gasteiger partial charge in [0.15, 0.2) is 0 Å². The number of fused-ring (bicyclic) bond motifs is 1. The van der Waals surface area contributed by atoms with Crippen molar-refractivity contribution in [3.05, 3.63) is 39.9 Å². The Kier molecular flexibility index (Phi) is 5.79. The summed E-state index contributed by atoms with van der Waals surface area (Å²) in [5.74, 6) is -1.70. The third-order valence-electron chi connectivity index (χ3n) is 5.21. The molecule has 0 spiro atoms. The summed E-state index contributed by atoms with van der Waals surface area (Å²) in [5, 5.41) is 9.31. The Morgan fingerprint density at radius 1 is 1.18 bits per heavy atom. The summed E-state index contributed by atoms with van der Waals surface area (Å²) in [5.41, 5.74) is -0.108. The zero-order valence-electron chi connectivity index (χ0n) is 16.1. The Morgan fingerprint density at radius 2 is 1.86 bits per heavy atom. The average molecular weight is 389 g/mol. The molecule has 8 heteroatoms. The fraction of sp³-hybridized carbons (Fsp3) is 0.450. The molecule has 1 saturated heterocycles. The third-order valence-corrected chi connectivity index (χ3v) is 5.21. The minimum absolute atomic E-state index is 0.0723. The second-order valence-corrected chi connectivity index (χ2v) is 7.06. The summed E-state index contributed by atoms with van der Waals surface area (Å²) in [6.45, 7) is 7.26. The number of hydrogen-bond acceptors (Lipinski definition) is 5. The van der Waals surface area contributed by atoms with E-state index in [1.165, 1.54) is 6.20 Å². The summed E-state index contributed by atoms with van der Waals surface area (Å²) >= 11 is 0. The monoisotopic (exact) mass is 389 g/mol. The average Bonchev–Trinajstić information content (AvgIpc) is 2.67. The highest BCUT2D eigenvalue weighted by Crippen LogP contribution is 2.26. The van der Waals surface area contributed by atoms with Gasteiger partial charge in [0.25, 0.3) is 0 Å². The number of aromatic nitrogens is 1. The number of nitrogens with zero attached hydrogens (tertiary/aromatic N) is 3. The Morgan fingerprint density at radius 3 is 2.43 bits per heavy atom. The van der Waals surface area contributed by atoms with Crippen molar-refractivity contribution in [1.82, 2.24) is 9.47 Å². The van der Waals surface area contributed by atoms with Crippen LogP contribution in [0.3, 0.4) is 0 Å². The number of carboxylic acids is 1. The third kappa shape index (κ3) is 3.91. The molecule has 0 bridgehead atoms. The molecule has 0 radical (unpaired) electrons. The highest BCUT2D eigenvalue weighted by Gasteiger charge is 2.22. The van der Waals surface area contributed by atoms with Crippen LogP contribution in [0, 0.1) is 5.82 Å². The van der Waals surface area contributed by atoms with Crippen LogP contribution in [0.2, 0.25) is 0 Å². The maximum Gasteiger partial charge on any atom is 0.341 e. The van der Waals surface area contributed by atoms with Crippen molar-refractivity contribution in [1.29, 1.82) is 0 Å². The molecule has 1 aromatic carbocycles. The van der Waals surface area contributed by atoms with Crippen LogP contribution in [0.15, 0.2) is 23.1 Å². The molecule has 1 aromatic heterocycles. The number of piperazine rings is 1. The second kappa shape index (κ2) is 8.10.